The Labute approximate surface area is 132 Å². The first-order valence-corrected chi connectivity index (χ1v) is 9.59. The van der Waals surface area contributed by atoms with Gasteiger partial charge in [0.15, 0.2) is 9.84 Å². The second-order valence-corrected chi connectivity index (χ2v) is 8.51. The lowest BCUT2D eigenvalue weighted by Crippen LogP contribution is -2.08. The number of nitrogens with zero attached hydrogens (tertiary/aromatic N) is 2. The van der Waals surface area contributed by atoms with E-state index in [-0.39, 0.29) is 5.75 Å². The van der Waals surface area contributed by atoms with Crippen LogP contribution in [0.25, 0.3) is 0 Å². The summed E-state index contributed by atoms with van der Waals surface area (Å²) in [6.45, 7) is 0. The normalized spacial score (nSPS) is 15.3. The Morgan fingerprint density at radius 3 is 2.67 bits per heavy atom. The van der Waals surface area contributed by atoms with Crippen LogP contribution in [0.15, 0.2) is 34.3 Å². The number of rotatable bonds is 6. The number of nitrogens with one attached hydrogen (secondary N) is 1. The third kappa shape index (κ3) is 3.78. The fraction of sp³-hybridized carbons (Fsp3) is 0.385. The molecule has 1 heterocycles. The van der Waals surface area contributed by atoms with Gasteiger partial charge in [0.05, 0.1) is 10.6 Å². The Kier molecular flexibility index (Phi) is 4.24. The molecular weight excluding hydrogens is 330 g/mol. The van der Waals surface area contributed by atoms with Crippen molar-refractivity contribution in [2.24, 2.45) is 0 Å². The molecule has 112 valence electrons. The van der Waals surface area contributed by atoms with E-state index in [1.807, 2.05) is 0 Å². The maximum absolute atomic E-state index is 12.2. The molecule has 3 rings (SSSR count). The molecule has 0 bridgehead atoms. The fourth-order valence-corrected chi connectivity index (χ4v) is 4.44. The lowest BCUT2D eigenvalue weighted by Gasteiger charge is -2.03. The van der Waals surface area contributed by atoms with E-state index >= 15 is 0 Å². The maximum atomic E-state index is 12.2. The molecule has 5 nitrogen and oxygen atoms in total. The summed E-state index contributed by atoms with van der Waals surface area (Å²) >= 11 is 7.11. The van der Waals surface area contributed by atoms with Crippen molar-refractivity contribution < 1.29 is 8.42 Å². The Morgan fingerprint density at radius 2 is 2.00 bits per heavy atom. The van der Waals surface area contributed by atoms with Gasteiger partial charge in [0.1, 0.15) is 5.82 Å². The molecule has 1 saturated carbocycles. The summed E-state index contributed by atoms with van der Waals surface area (Å²) < 4.78 is 24.3. The number of sulfone groups is 1. The number of aromatic amines is 1. The van der Waals surface area contributed by atoms with Gasteiger partial charge >= 0.3 is 0 Å². The number of aromatic nitrogens is 3. The summed E-state index contributed by atoms with van der Waals surface area (Å²) in [7, 11) is -3.29. The highest BCUT2D eigenvalue weighted by molar-refractivity contribution is 8.00. The van der Waals surface area contributed by atoms with Crippen molar-refractivity contribution in [2.45, 2.75) is 28.8 Å². The highest BCUT2D eigenvalue weighted by atomic mass is 35.5. The van der Waals surface area contributed by atoms with Gasteiger partial charge in [-0.3, -0.25) is 5.10 Å². The van der Waals surface area contributed by atoms with E-state index in [0.29, 0.717) is 26.7 Å². The lowest BCUT2D eigenvalue weighted by atomic mass is 10.4. The van der Waals surface area contributed by atoms with Gasteiger partial charge in [-0.05, 0) is 37.1 Å². The van der Waals surface area contributed by atoms with E-state index in [1.54, 1.807) is 12.1 Å². The second-order valence-electron chi connectivity index (χ2n) is 4.90. The van der Waals surface area contributed by atoms with Crippen LogP contribution in [0.1, 0.15) is 24.6 Å². The molecular formula is C13H14ClN3O2S2. The van der Waals surface area contributed by atoms with Gasteiger partial charge in [-0.2, -0.15) is 0 Å². The van der Waals surface area contributed by atoms with Crippen LogP contribution in [0.2, 0.25) is 5.02 Å². The SMILES string of the molecule is O=S(=O)(CCSc1n[nH]c(C2CC2)n1)c1ccc(Cl)cc1. The third-order valence-corrected chi connectivity index (χ3v) is 6.29. The number of thioether (sulfide) groups is 1. The topological polar surface area (TPSA) is 75.7 Å². The first-order valence-electron chi connectivity index (χ1n) is 6.58. The molecule has 1 N–H and O–H groups in total. The molecule has 0 radical (unpaired) electrons. The van der Waals surface area contributed by atoms with Crippen LogP contribution in [0.4, 0.5) is 0 Å². The molecule has 1 fully saturated rings. The van der Waals surface area contributed by atoms with Crippen LogP contribution >= 0.6 is 23.4 Å². The van der Waals surface area contributed by atoms with Crippen LogP contribution in [0, 0.1) is 0 Å². The Bertz CT molecular complexity index is 724. The molecule has 2 aromatic rings. The van der Waals surface area contributed by atoms with E-state index in [0.717, 1.165) is 18.7 Å². The lowest BCUT2D eigenvalue weighted by molar-refractivity contribution is 0.597. The minimum atomic E-state index is -3.29. The van der Waals surface area contributed by atoms with Gasteiger partial charge in [-0.15, -0.1) is 5.10 Å². The van der Waals surface area contributed by atoms with Crippen molar-refractivity contribution in [3.63, 3.8) is 0 Å². The summed E-state index contributed by atoms with van der Waals surface area (Å²) in [6, 6.07) is 6.22. The van der Waals surface area contributed by atoms with Gasteiger partial charge in [0.25, 0.3) is 0 Å². The maximum Gasteiger partial charge on any atom is 0.208 e. The van der Waals surface area contributed by atoms with Crippen LogP contribution in [-0.4, -0.2) is 35.1 Å². The first-order chi connectivity index (χ1) is 10.0. The first kappa shape index (κ1) is 14.9. The smallest absolute Gasteiger partial charge is 0.208 e. The average Bonchev–Trinajstić information content (AvgIpc) is 3.19. The molecule has 1 aliphatic rings. The summed E-state index contributed by atoms with van der Waals surface area (Å²) in [5.74, 6) is 1.90. The number of halogens is 1. The highest BCUT2D eigenvalue weighted by Crippen LogP contribution is 2.38. The molecule has 21 heavy (non-hydrogen) atoms. The van der Waals surface area contributed by atoms with Gasteiger partial charge in [-0.1, -0.05) is 23.4 Å². The number of benzene rings is 1. The largest absolute Gasteiger partial charge is 0.262 e. The van der Waals surface area contributed by atoms with Gasteiger partial charge in [0.2, 0.25) is 5.16 Å². The number of hydrogen-bond acceptors (Lipinski definition) is 5. The molecule has 0 unspecified atom stereocenters. The zero-order chi connectivity index (χ0) is 14.9. The Hall–Kier alpha value is -1.05. The molecule has 0 atom stereocenters. The van der Waals surface area contributed by atoms with Crippen molar-refractivity contribution in [1.82, 2.24) is 15.2 Å². The van der Waals surface area contributed by atoms with E-state index in [4.69, 9.17) is 11.6 Å². The fourth-order valence-electron chi connectivity index (χ4n) is 1.86. The Morgan fingerprint density at radius 1 is 1.29 bits per heavy atom. The zero-order valence-electron chi connectivity index (χ0n) is 11.1. The van der Waals surface area contributed by atoms with Crippen LogP contribution in [0.3, 0.4) is 0 Å². The zero-order valence-corrected chi connectivity index (χ0v) is 13.5. The predicted octanol–water partition coefficient (Wildman–Crippen LogP) is 2.90. The summed E-state index contributed by atoms with van der Waals surface area (Å²) in [5.41, 5.74) is 0. The van der Waals surface area contributed by atoms with Crippen molar-refractivity contribution in [2.75, 3.05) is 11.5 Å². The van der Waals surface area contributed by atoms with Crippen LogP contribution < -0.4 is 0 Å². The molecule has 0 amide bonds. The highest BCUT2D eigenvalue weighted by Gasteiger charge is 2.27. The van der Waals surface area contributed by atoms with Crippen molar-refractivity contribution in [3.8, 4) is 0 Å². The molecule has 0 aliphatic heterocycles. The average molecular weight is 344 g/mol. The summed E-state index contributed by atoms with van der Waals surface area (Å²) in [6.07, 6.45) is 2.31. The molecule has 1 aromatic heterocycles. The minimum Gasteiger partial charge on any atom is -0.262 e. The van der Waals surface area contributed by atoms with Gasteiger partial charge in [0, 0.05) is 16.7 Å². The van der Waals surface area contributed by atoms with E-state index in [2.05, 4.69) is 15.2 Å². The quantitative estimate of drug-likeness (QED) is 0.816. The van der Waals surface area contributed by atoms with Gasteiger partial charge in [-0.25, -0.2) is 13.4 Å². The van der Waals surface area contributed by atoms with Crippen molar-refractivity contribution in [3.05, 3.63) is 35.1 Å². The minimum absolute atomic E-state index is 0.0482. The monoisotopic (exact) mass is 343 g/mol. The van der Waals surface area contributed by atoms with E-state index in [9.17, 15) is 8.42 Å². The third-order valence-electron chi connectivity index (χ3n) is 3.20. The predicted molar refractivity (Wildman–Crippen MR) is 82.6 cm³/mol. The summed E-state index contributed by atoms with van der Waals surface area (Å²) in [4.78, 5) is 4.65. The number of hydrogen-bond donors (Lipinski definition) is 1. The van der Waals surface area contributed by atoms with Crippen molar-refractivity contribution >= 4 is 33.2 Å². The van der Waals surface area contributed by atoms with Crippen LogP contribution in [0.5, 0.6) is 0 Å². The van der Waals surface area contributed by atoms with E-state index < -0.39 is 9.84 Å². The van der Waals surface area contributed by atoms with E-state index in [1.165, 1.54) is 23.9 Å². The molecule has 0 saturated heterocycles. The molecule has 0 spiro atoms. The standard InChI is InChI=1S/C13H14ClN3O2S2/c14-10-3-5-11(6-4-10)21(18,19)8-7-20-13-15-12(16-17-13)9-1-2-9/h3-6,9H,1-2,7-8H2,(H,15,16,17). The number of H-pyrrole nitrogens is 1. The van der Waals surface area contributed by atoms with Gasteiger partial charge < -0.3 is 0 Å². The van der Waals surface area contributed by atoms with Crippen molar-refractivity contribution in [1.29, 1.82) is 0 Å². The Balaban J connectivity index is 1.57. The molecule has 8 heteroatoms. The molecule has 1 aromatic carbocycles. The summed E-state index contributed by atoms with van der Waals surface area (Å²) in [5, 5.41) is 8.14. The second kappa shape index (κ2) is 5.98. The molecule has 1 aliphatic carbocycles. The van der Waals surface area contributed by atoms with Crippen LogP contribution in [-0.2, 0) is 9.84 Å².